The molecule has 2 aromatic carbocycles. The highest BCUT2D eigenvalue weighted by Gasteiger charge is 2.16. The Labute approximate surface area is 204 Å². The van der Waals surface area contributed by atoms with Crippen molar-refractivity contribution in [3.05, 3.63) is 61.6 Å². The maximum Gasteiger partial charge on any atom is 0.344 e. The van der Waals surface area contributed by atoms with Gasteiger partial charge in [-0.1, -0.05) is 41.4 Å². The monoisotopic (exact) mass is 535 g/mol. The van der Waals surface area contributed by atoms with Gasteiger partial charge in [0.05, 0.1) is 30.8 Å². The molecule has 0 aliphatic heterocycles. The van der Waals surface area contributed by atoms with Gasteiger partial charge in [0.25, 0.3) is 5.56 Å². The van der Waals surface area contributed by atoms with E-state index in [1.54, 1.807) is 31.2 Å². The molecule has 0 amide bonds. The molecule has 0 bridgehead atoms. The van der Waals surface area contributed by atoms with Crippen molar-refractivity contribution in [3.63, 3.8) is 0 Å². The summed E-state index contributed by atoms with van der Waals surface area (Å²) in [6, 6.07) is 8.47. The fraction of sp³-hybridized carbons (Fsp3) is 0.304. The first-order valence-electron chi connectivity index (χ1n) is 10.2. The second-order valence-electron chi connectivity index (χ2n) is 7.27. The van der Waals surface area contributed by atoms with Gasteiger partial charge in [0, 0.05) is 27.0 Å². The summed E-state index contributed by atoms with van der Waals surface area (Å²) < 4.78 is 17.9. The molecule has 0 aliphatic rings. The lowest BCUT2D eigenvalue weighted by Crippen LogP contribution is -2.23. The van der Waals surface area contributed by atoms with Gasteiger partial charge < -0.3 is 14.2 Å². The number of hydrogen-bond donors (Lipinski definition) is 0. The second-order valence-corrected chi connectivity index (χ2v) is 8.62. The van der Waals surface area contributed by atoms with Gasteiger partial charge in [0.2, 0.25) is 0 Å². The molecule has 1 heterocycles. The first-order chi connectivity index (χ1) is 15.7. The van der Waals surface area contributed by atoms with E-state index in [-0.39, 0.29) is 30.4 Å². The maximum atomic E-state index is 13.2. The summed E-state index contributed by atoms with van der Waals surface area (Å²) in [5.74, 6) is 0.449. The number of benzene rings is 2. The van der Waals surface area contributed by atoms with Crippen molar-refractivity contribution in [2.45, 2.75) is 26.7 Å². The number of ether oxygens (including phenoxy) is 3. The number of fused-ring (bicyclic) bond motifs is 1. The molecule has 0 atom stereocenters. The lowest BCUT2D eigenvalue weighted by molar-refractivity contribution is -0.145. The Morgan fingerprint density at radius 2 is 2.06 bits per heavy atom. The molecular formula is C23H23BrClN3O5. The van der Waals surface area contributed by atoms with E-state index in [1.807, 2.05) is 19.9 Å². The van der Waals surface area contributed by atoms with E-state index in [4.69, 9.17) is 25.8 Å². The predicted molar refractivity (Wildman–Crippen MR) is 131 cm³/mol. The summed E-state index contributed by atoms with van der Waals surface area (Å²) >= 11 is 9.62. The summed E-state index contributed by atoms with van der Waals surface area (Å²) in [6.45, 7) is 5.47. The van der Waals surface area contributed by atoms with Crippen molar-refractivity contribution >= 4 is 50.6 Å². The third-order valence-corrected chi connectivity index (χ3v) is 5.28. The van der Waals surface area contributed by atoms with Crippen LogP contribution < -0.4 is 15.0 Å². The minimum atomic E-state index is -0.528. The molecule has 0 fully saturated rings. The Morgan fingerprint density at radius 3 is 2.73 bits per heavy atom. The van der Waals surface area contributed by atoms with Gasteiger partial charge in [0.1, 0.15) is 5.82 Å². The van der Waals surface area contributed by atoms with E-state index in [0.29, 0.717) is 33.1 Å². The zero-order valence-electron chi connectivity index (χ0n) is 18.6. The highest BCUT2D eigenvalue weighted by atomic mass is 79.9. The Morgan fingerprint density at radius 1 is 1.30 bits per heavy atom. The average Bonchev–Trinajstić information content (AvgIpc) is 2.77. The zero-order chi connectivity index (χ0) is 24.1. The number of carbonyl (C=O) groups is 1. The van der Waals surface area contributed by atoms with Crippen LogP contribution in [0.4, 0.5) is 0 Å². The van der Waals surface area contributed by atoms with E-state index in [2.05, 4.69) is 26.0 Å². The van der Waals surface area contributed by atoms with Gasteiger partial charge in [-0.3, -0.25) is 4.79 Å². The fourth-order valence-electron chi connectivity index (χ4n) is 3.10. The molecule has 0 radical (unpaired) electrons. The molecule has 8 nitrogen and oxygen atoms in total. The number of aromatic nitrogens is 2. The topological polar surface area (TPSA) is 92.0 Å². The standard InChI is InChI=1S/C23H23BrClN3O5/c1-5-32-20(29)12-33-21-14(8-16(25)10-19(21)31-4)11-26-28-22(13(2)3)27-18-7-6-15(24)9-17(18)23(28)30/h6-11,13H,5,12H2,1-4H3. The minimum Gasteiger partial charge on any atom is -0.493 e. The van der Waals surface area contributed by atoms with Crippen LogP contribution in [0.1, 0.15) is 38.1 Å². The largest absolute Gasteiger partial charge is 0.493 e. The summed E-state index contributed by atoms with van der Waals surface area (Å²) in [5.41, 5.74) is 0.685. The van der Waals surface area contributed by atoms with Crippen molar-refractivity contribution in [2.24, 2.45) is 5.10 Å². The molecule has 3 rings (SSSR count). The van der Waals surface area contributed by atoms with Gasteiger partial charge in [-0.05, 0) is 31.2 Å². The van der Waals surface area contributed by atoms with Crippen molar-refractivity contribution in [3.8, 4) is 11.5 Å². The second kappa shape index (κ2) is 10.8. The molecular weight excluding hydrogens is 514 g/mol. The van der Waals surface area contributed by atoms with Crippen molar-refractivity contribution in [1.82, 2.24) is 9.66 Å². The molecule has 33 heavy (non-hydrogen) atoms. The van der Waals surface area contributed by atoms with Crippen LogP contribution in [0, 0.1) is 0 Å². The van der Waals surface area contributed by atoms with Crippen LogP contribution in [-0.2, 0) is 9.53 Å². The lowest BCUT2D eigenvalue weighted by Gasteiger charge is -2.14. The van der Waals surface area contributed by atoms with Crippen LogP contribution in [-0.4, -0.2) is 42.2 Å². The van der Waals surface area contributed by atoms with Gasteiger partial charge in [0.15, 0.2) is 18.1 Å². The predicted octanol–water partition coefficient (Wildman–Crippen LogP) is 4.77. The number of nitrogens with zero attached hydrogens (tertiary/aromatic N) is 3. The molecule has 10 heteroatoms. The van der Waals surface area contributed by atoms with Gasteiger partial charge in [-0.15, -0.1) is 0 Å². The highest BCUT2D eigenvalue weighted by Crippen LogP contribution is 2.34. The molecule has 0 N–H and O–H groups in total. The van der Waals surface area contributed by atoms with Gasteiger partial charge in [-0.2, -0.15) is 9.78 Å². The van der Waals surface area contributed by atoms with E-state index < -0.39 is 5.97 Å². The lowest BCUT2D eigenvalue weighted by atomic mass is 10.2. The van der Waals surface area contributed by atoms with Crippen molar-refractivity contribution in [2.75, 3.05) is 20.3 Å². The molecule has 0 aliphatic carbocycles. The van der Waals surface area contributed by atoms with Crippen LogP contribution in [0.25, 0.3) is 10.9 Å². The van der Waals surface area contributed by atoms with E-state index in [0.717, 1.165) is 4.47 Å². The Bertz CT molecular complexity index is 1270. The summed E-state index contributed by atoms with van der Waals surface area (Å²) in [7, 11) is 1.45. The summed E-state index contributed by atoms with van der Waals surface area (Å²) in [5, 5.41) is 5.20. The first-order valence-corrected chi connectivity index (χ1v) is 11.3. The van der Waals surface area contributed by atoms with Crippen molar-refractivity contribution in [1.29, 1.82) is 0 Å². The van der Waals surface area contributed by atoms with Crippen LogP contribution in [0.2, 0.25) is 5.02 Å². The van der Waals surface area contributed by atoms with E-state index >= 15 is 0 Å². The fourth-order valence-corrected chi connectivity index (χ4v) is 3.67. The van der Waals surface area contributed by atoms with E-state index in [1.165, 1.54) is 18.0 Å². The number of carbonyl (C=O) groups excluding carboxylic acids is 1. The molecule has 0 spiro atoms. The number of rotatable bonds is 8. The number of hydrogen-bond acceptors (Lipinski definition) is 7. The van der Waals surface area contributed by atoms with Crippen molar-refractivity contribution < 1.29 is 19.0 Å². The SMILES string of the molecule is CCOC(=O)COc1c(C=Nn2c(C(C)C)nc3ccc(Br)cc3c2=O)cc(Cl)cc1OC. The van der Waals surface area contributed by atoms with Crippen LogP contribution in [0.15, 0.2) is 44.7 Å². The number of methoxy groups -OCH3 is 1. The maximum absolute atomic E-state index is 13.2. The van der Waals surface area contributed by atoms with E-state index in [9.17, 15) is 9.59 Å². The molecule has 174 valence electrons. The highest BCUT2D eigenvalue weighted by molar-refractivity contribution is 9.10. The summed E-state index contributed by atoms with van der Waals surface area (Å²) in [4.78, 5) is 29.6. The Kier molecular flexibility index (Phi) is 8.10. The quantitative estimate of drug-likeness (QED) is 0.304. The molecule has 1 aromatic heterocycles. The third kappa shape index (κ3) is 5.72. The molecule has 0 saturated heterocycles. The smallest absolute Gasteiger partial charge is 0.344 e. The average molecular weight is 537 g/mol. The van der Waals surface area contributed by atoms with Gasteiger partial charge in [-0.25, -0.2) is 9.78 Å². The summed E-state index contributed by atoms with van der Waals surface area (Å²) in [6.07, 6.45) is 1.42. The zero-order valence-corrected chi connectivity index (χ0v) is 20.9. The Hall–Kier alpha value is -2.91. The molecule has 3 aromatic rings. The van der Waals surface area contributed by atoms with Crippen LogP contribution in [0.3, 0.4) is 0 Å². The van der Waals surface area contributed by atoms with Crippen LogP contribution >= 0.6 is 27.5 Å². The number of esters is 1. The molecule has 0 saturated carbocycles. The minimum absolute atomic E-state index is 0.0728. The normalized spacial score (nSPS) is 11.4. The first kappa shape index (κ1) is 24.7. The van der Waals surface area contributed by atoms with Gasteiger partial charge >= 0.3 is 5.97 Å². The molecule has 0 unspecified atom stereocenters. The Balaban J connectivity index is 2.11. The number of halogens is 2. The van der Waals surface area contributed by atoms with Crippen LogP contribution in [0.5, 0.6) is 11.5 Å². The third-order valence-electron chi connectivity index (χ3n) is 4.57.